The van der Waals surface area contributed by atoms with Crippen molar-refractivity contribution in [2.45, 2.75) is 52.2 Å². The molecule has 0 saturated carbocycles. The molecule has 1 unspecified atom stereocenters. The number of nitrogens with one attached hydrogen (secondary N) is 1. The van der Waals surface area contributed by atoms with Crippen LogP contribution in [0.4, 0.5) is 0 Å². The topological polar surface area (TPSA) is 41.5 Å². The van der Waals surface area contributed by atoms with E-state index in [-0.39, 0.29) is 6.04 Å². The standard InChI is InChI=1S/C16H27NO2/c1-5-16(18,6-2)12-17-13(4)14-10-8-9-11-15(14)19-7-3/h8-11,13,17-18H,5-7,12H2,1-4H3. The van der Waals surface area contributed by atoms with E-state index in [1.165, 1.54) is 0 Å². The van der Waals surface area contributed by atoms with E-state index in [2.05, 4.69) is 18.3 Å². The third-order valence-electron chi connectivity index (χ3n) is 3.74. The lowest BCUT2D eigenvalue weighted by Gasteiger charge is -2.28. The van der Waals surface area contributed by atoms with Crippen molar-refractivity contribution in [3.8, 4) is 5.75 Å². The number of benzene rings is 1. The molecular formula is C16H27NO2. The zero-order valence-corrected chi connectivity index (χ0v) is 12.6. The van der Waals surface area contributed by atoms with Crippen LogP contribution < -0.4 is 10.1 Å². The zero-order chi connectivity index (χ0) is 14.3. The number of ether oxygens (including phenoxy) is 1. The number of aliphatic hydroxyl groups is 1. The highest BCUT2D eigenvalue weighted by molar-refractivity contribution is 5.35. The SMILES string of the molecule is CCOc1ccccc1C(C)NCC(O)(CC)CC. The summed E-state index contributed by atoms with van der Waals surface area (Å²) in [6.45, 7) is 9.39. The average Bonchev–Trinajstić information content (AvgIpc) is 2.45. The maximum absolute atomic E-state index is 10.3. The molecule has 0 aliphatic heterocycles. The summed E-state index contributed by atoms with van der Waals surface area (Å²) in [5.41, 5.74) is 0.522. The Morgan fingerprint density at radius 3 is 2.42 bits per heavy atom. The van der Waals surface area contributed by atoms with E-state index in [9.17, 15) is 5.11 Å². The number of hydrogen-bond donors (Lipinski definition) is 2. The minimum Gasteiger partial charge on any atom is -0.494 e. The fourth-order valence-electron chi connectivity index (χ4n) is 2.08. The van der Waals surface area contributed by atoms with Crippen LogP contribution in [0.5, 0.6) is 5.75 Å². The van der Waals surface area contributed by atoms with Gasteiger partial charge in [-0.25, -0.2) is 0 Å². The van der Waals surface area contributed by atoms with E-state index < -0.39 is 5.60 Å². The number of hydrogen-bond acceptors (Lipinski definition) is 3. The number of rotatable bonds is 8. The van der Waals surface area contributed by atoms with Crippen LogP contribution >= 0.6 is 0 Å². The molecule has 0 radical (unpaired) electrons. The first-order valence-corrected chi connectivity index (χ1v) is 7.23. The molecule has 0 bridgehead atoms. The molecule has 108 valence electrons. The molecule has 0 saturated heterocycles. The highest BCUT2D eigenvalue weighted by atomic mass is 16.5. The van der Waals surface area contributed by atoms with Crippen LogP contribution in [0.1, 0.15) is 52.1 Å². The molecule has 19 heavy (non-hydrogen) atoms. The lowest BCUT2D eigenvalue weighted by molar-refractivity contribution is 0.0302. The predicted octanol–water partition coefficient (Wildman–Crippen LogP) is 3.29. The molecule has 0 amide bonds. The van der Waals surface area contributed by atoms with Crippen LogP contribution in [-0.4, -0.2) is 23.9 Å². The lowest BCUT2D eigenvalue weighted by atomic mass is 9.96. The largest absolute Gasteiger partial charge is 0.494 e. The van der Waals surface area contributed by atoms with Crippen LogP contribution in [0, 0.1) is 0 Å². The second-order valence-electron chi connectivity index (χ2n) is 5.00. The van der Waals surface area contributed by atoms with E-state index in [4.69, 9.17) is 4.74 Å². The van der Waals surface area contributed by atoms with Gasteiger partial charge in [0.2, 0.25) is 0 Å². The van der Waals surface area contributed by atoms with Crippen LogP contribution in [0.2, 0.25) is 0 Å². The Bertz CT molecular complexity index is 375. The molecule has 2 N–H and O–H groups in total. The van der Waals surface area contributed by atoms with E-state index >= 15 is 0 Å². The Balaban J connectivity index is 2.70. The molecule has 0 aliphatic carbocycles. The maximum Gasteiger partial charge on any atom is 0.124 e. The minimum atomic E-state index is -0.616. The molecule has 1 rings (SSSR count). The molecule has 0 heterocycles. The van der Waals surface area contributed by atoms with Gasteiger partial charge in [0.1, 0.15) is 5.75 Å². The van der Waals surface area contributed by atoms with Crippen molar-refractivity contribution in [2.24, 2.45) is 0 Å². The smallest absolute Gasteiger partial charge is 0.124 e. The van der Waals surface area contributed by atoms with Crippen molar-refractivity contribution in [2.75, 3.05) is 13.2 Å². The first-order valence-electron chi connectivity index (χ1n) is 7.23. The van der Waals surface area contributed by atoms with Gasteiger partial charge < -0.3 is 15.2 Å². The van der Waals surface area contributed by atoms with Gasteiger partial charge in [-0.15, -0.1) is 0 Å². The third-order valence-corrected chi connectivity index (χ3v) is 3.74. The van der Waals surface area contributed by atoms with Crippen molar-refractivity contribution in [1.82, 2.24) is 5.32 Å². The molecule has 0 aliphatic rings. The molecule has 1 atom stereocenters. The highest BCUT2D eigenvalue weighted by Crippen LogP contribution is 2.25. The Labute approximate surface area is 117 Å². The van der Waals surface area contributed by atoms with Crippen molar-refractivity contribution in [3.63, 3.8) is 0 Å². The van der Waals surface area contributed by atoms with E-state index in [0.29, 0.717) is 13.2 Å². The number of para-hydroxylation sites is 1. The lowest BCUT2D eigenvalue weighted by Crippen LogP contribution is -2.40. The zero-order valence-electron chi connectivity index (χ0n) is 12.6. The minimum absolute atomic E-state index is 0.160. The van der Waals surface area contributed by atoms with E-state index in [0.717, 1.165) is 24.2 Å². The summed E-state index contributed by atoms with van der Waals surface area (Å²) < 4.78 is 5.64. The summed E-state index contributed by atoms with van der Waals surface area (Å²) >= 11 is 0. The monoisotopic (exact) mass is 265 g/mol. The first kappa shape index (κ1) is 16.0. The summed E-state index contributed by atoms with van der Waals surface area (Å²) in [5.74, 6) is 0.918. The van der Waals surface area contributed by atoms with Crippen LogP contribution in [0.15, 0.2) is 24.3 Å². The van der Waals surface area contributed by atoms with Gasteiger partial charge in [-0.1, -0.05) is 32.0 Å². The van der Waals surface area contributed by atoms with Crippen molar-refractivity contribution in [1.29, 1.82) is 0 Å². The van der Waals surface area contributed by atoms with Gasteiger partial charge in [0.05, 0.1) is 12.2 Å². The van der Waals surface area contributed by atoms with E-state index in [1.807, 2.05) is 39.0 Å². The summed E-state index contributed by atoms with van der Waals surface area (Å²) in [5, 5.41) is 13.7. The quantitative estimate of drug-likeness (QED) is 0.758. The van der Waals surface area contributed by atoms with Gasteiger partial charge >= 0.3 is 0 Å². The summed E-state index contributed by atoms with van der Waals surface area (Å²) in [4.78, 5) is 0. The van der Waals surface area contributed by atoms with Crippen LogP contribution in [0.25, 0.3) is 0 Å². The Hall–Kier alpha value is -1.06. The molecule has 1 aromatic carbocycles. The van der Waals surface area contributed by atoms with E-state index in [1.54, 1.807) is 0 Å². The molecule has 0 spiro atoms. The highest BCUT2D eigenvalue weighted by Gasteiger charge is 2.23. The second-order valence-corrected chi connectivity index (χ2v) is 5.00. The summed E-state index contributed by atoms with van der Waals surface area (Å²) in [7, 11) is 0. The van der Waals surface area contributed by atoms with Gasteiger partial charge in [-0.05, 0) is 32.8 Å². The molecule has 1 aromatic rings. The Kier molecular flexibility index (Phi) is 6.32. The second kappa shape index (κ2) is 7.51. The van der Waals surface area contributed by atoms with Gasteiger partial charge in [-0.2, -0.15) is 0 Å². The summed E-state index contributed by atoms with van der Waals surface area (Å²) in [6.07, 6.45) is 1.52. The third kappa shape index (κ3) is 4.51. The maximum atomic E-state index is 10.3. The molecule has 3 heteroatoms. The Morgan fingerprint density at radius 2 is 1.84 bits per heavy atom. The average molecular weight is 265 g/mol. The van der Waals surface area contributed by atoms with Gasteiger partial charge in [0.25, 0.3) is 0 Å². The Morgan fingerprint density at radius 1 is 1.21 bits per heavy atom. The molecule has 3 nitrogen and oxygen atoms in total. The van der Waals surface area contributed by atoms with Crippen molar-refractivity contribution < 1.29 is 9.84 Å². The van der Waals surface area contributed by atoms with Crippen LogP contribution in [0.3, 0.4) is 0 Å². The van der Waals surface area contributed by atoms with Crippen molar-refractivity contribution >= 4 is 0 Å². The molecular weight excluding hydrogens is 238 g/mol. The summed E-state index contributed by atoms with van der Waals surface area (Å²) in [6, 6.07) is 8.22. The predicted molar refractivity (Wildman–Crippen MR) is 79.6 cm³/mol. The fourth-order valence-corrected chi connectivity index (χ4v) is 2.08. The van der Waals surface area contributed by atoms with Crippen LogP contribution in [-0.2, 0) is 0 Å². The van der Waals surface area contributed by atoms with Gasteiger partial charge in [0.15, 0.2) is 0 Å². The molecule has 0 aromatic heterocycles. The molecule has 0 fully saturated rings. The fraction of sp³-hybridized carbons (Fsp3) is 0.625. The van der Waals surface area contributed by atoms with Crippen molar-refractivity contribution in [3.05, 3.63) is 29.8 Å². The first-order chi connectivity index (χ1) is 9.06. The van der Waals surface area contributed by atoms with Gasteiger partial charge in [0, 0.05) is 18.2 Å². The van der Waals surface area contributed by atoms with Gasteiger partial charge in [-0.3, -0.25) is 0 Å². The normalized spacial score (nSPS) is 13.3.